The van der Waals surface area contributed by atoms with Crippen molar-refractivity contribution in [3.8, 4) is 0 Å². The lowest BCUT2D eigenvalue weighted by atomic mass is 9.96. The highest BCUT2D eigenvalue weighted by atomic mass is 32.2. The van der Waals surface area contributed by atoms with Gasteiger partial charge in [0, 0.05) is 25.1 Å². The molecule has 0 saturated carbocycles. The molecule has 7 heteroatoms. The Morgan fingerprint density at radius 2 is 1.82 bits per heavy atom. The third kappa shape index (κ3) is 4.10. The summed E-state index contributed by atoms with van der Waals surface area (Å²) in [5.74, 6) is -0.991. The van der Waals surface area contributed by atoms with E-state index in [-0.39, 0.29) is 30.2 Å². The highest BCUT2D eigenvalue weighted by molar-refractivity contribution is 7.89. The molecule has 0 bridgehead atoms. The first kappa shape index (κ1) is 20.5. The molecule has 28 heavy (non-hydrogen) atoms. The molecule has 0 fully saturated rings. The number of rotatable bonds is 6. The summed E-state index contributed by atoms with van der Waals surface area (Å²) >= 11 is 0. The Kier molecular flexibility index (Phi) is 6.15. The molecule has 0 N–H and O–H groups in total. The zero-order valence-corrected chi connectivity index (χ0v) is 16.6. The van der Waals surface area contributed by atoms with Gasteiger partial charge in [0.1, 0.15) is 0 Å². The quantitative estimate of drug-likeness (QED) is 0.710. The van der Waals surface area contributed by atoms with E-state index in [1.165, 1.54) is 17.5 Å². The van der Waals surface area contributed by atoms with Gasteiger partial charge in [-0.1, -0.05) is 48.0 Å². The fraction of sp³-hybridized carbons (Fsp3) is 0.333. The van der Waals surface area contributed by atoms with Crippen molar-refractivity contribution in [2.45, 2.75) is 31.3 Å². The van der Waals surface area contributed by atoms with Crippen LogP contribution in [0.3, 0.4) is 0 Å². The molecular formula is C21H23F2NO3S. The Hall–Kier alpha value is -2.25. The van der Waals surface area contributed by atoms with Gasteiger partial charge in [0.2, 0.25) is 6.43 Å². The maximum Gasteiger partial charge on any atom is 0.264 e. The van der Waals surface area contributed by atoms with Crippen molar-refractivity contribution in [3.63, 3.8) is 0 Å². The first-order chi connectivity index (χ1) is 13.3. The zero-order chi connectivity index (χ0) is 20.3. The third-order valence-electron chi connectivity index (χ3n) is 4.83. The van der Waals surface area contributed by atoms with Gasteiger partial charge in [0.05, 0.1) is 17.2 Å². The molecule has 0 aliphatic carbocycles. The van der Waals surface area contributed by atoms with Gasteiger partial charge in [0.15, 0.2) is 0 Å². The second-order valence-electron chi connectivity index (χ2n) is 6.82. The van der Waals surface area contributed by atoms with Crippen molar-refractivity contribution < 1.29 is 21.9 Å². The number of sulfonamides is 1. The molecule has 0 amide bonds. The molecule has 1 heterocycles. The van der Waals surface area contributed by atoms with Gasteiger partial charge >= 0.3 is 0 Å². The van der Waals surface area contributed by atoms with Crippen LogP contribution in [0.4, 0.5) is 8.78 Å². The van der Waals surface area contributed by atoms with Gasteiger partial charge in [-0.05, 0) is 31.0 Å². The van der Waals surface area contributed by atoms with Crippen LogP contribution in [0.15, 0.2) is 59.5 Å². The first-order valence-corrected chi connectivity index (χ1v) is 10.4. The third-order valence-corrected chi connectivity index (χ3v) is 6.66. The normalized spacial score (nSPS) is 17.7. The standard InChI is InChI=1S/C21H23F2NO3S/c1-15-7-9-18(10-8-15)28(25,26)24-12-11-16(21(22)23)13-20(24)19-6-4-3-5-17(19)14-27-2/h3-10,13,16,21H,11-12,14H2,1-2H3. The summed E-state index contributed by atoms with van der Waals surface area (Å²) in [6.07, 6.45) is -1.10. The molecule has 2 aromatic rings. The van der Waals surface area contributed by atoms with E-state index in [1.807, 2.05) is 19.1 Å². The first-order valence-electron chi connectivity index (χ1n) is 9.01. The number of nitrogens with zero attached hydrogens (tertiary/aromatic N) is 1. The second kappa shape index (κ2) is 8.41. The second-order valence-corrected chi connectivity index (χ2v) is 8.68. The van der Waals surface area contributed by atoms with Crippen molar-refractivity contribution in [2.75, 3.05) is 13.7 Å². The van der Waals surface area contributed by atoms with Crippen LogP contribution in [-0.4, -0.2) is 32.8 Å². The van der Waals surface area contributed by atoms with Crippen LogP contribution in [0.2, 0.25) is 0 Å². The number of alkyl halides is 2. The minimum atomic E-state index is -3.88. The maximum atomic E-state index is 13.4. The van der Waals surface area contributed by atoms with E-state index in [0.717, 1.165) is 11.1 Å². The van der Waals surface area contributed by atoms with Crippen LogP contribution in [0.5, 0.6) is 0 Å². The zero-order valence-electron chi connectivity index (χ0n) is 15.8. The van der Waals surface area contributed by atoms with Gasteiger partial charge in [-0.2, -0.15) is 0 Å². The fourth-order valence-corrected chi connectivity index (χ4v) is 4.82. The average Bonchev–Trinajstić information content (AvgIpc) is 2.68. The number of ether oxygens (including phenoxy) is 1. The molecule has 1 aliphatic rings. The van der Waals surface area contributed by atoms with Crippen molar-refractivity contribution in [1.29, 1.82) is 0 Å². The Morgan fingerprint density at radius 1 is 1.14 bits per heavy atom. The highest BCUT2D eigenvalue weighted by Gasteiger charge is 2.34. The van der Waals surface area contributed by atoms with Crippen LogP contribution in [0.1, 0.15) is 23.1 Å². The van der Waals surface area contributed by atoms with Crippen LogP contribution in [-0.2, 0) is 21.4 Å². The molecule has 1 unspecified atom stereocenters. The average molecular weight is 407 g/mol. The van der Waals surface area contributed by atoms with Gasteiger partial charge in [0.25, 0.3) is 10.0 Å². The summed E-state index contributed by atoms with van der Waals surface area (Å²) in [7, 11) is -2.34. The van der Waals surface area contributed by atoms with Crippen molar-refractivity contribution in [3.05, 3.63) is 71.3 Å². The minimum Gasteiger partial charge on any atom is -0.380 e. The largest absolute Gasteiger partial charge is 0.380 e. The van der Waals surface area contributed by atoms with E-state index in [4.69, 9.17) is 4.74 Å². The SMILES string of the molecule is COCc1ccccc1C1=CC(C(F)F)CCN1S(=O)(=O)c1ccc(C)cc1. The number of aryl methyl sites for hydroxylation is 1. The highest BCUT2D eigenvalue weighted by Crippen LogP contribution is 2.36. The van der Waals surface area contributed by atoms with Crippen molar-refractivity contribution >= 4 is 15.7 Å². The molecule has 0 spiro atoms. The predicted octanol–water partition coefficient (Wildman–Crippen LogP) is 4.46. The van der Waals surface area contributed by atoms with Gasteiger partial charge < -0.3 is 4.74 Å². The fourth-order valence-electron chi connectivity index (χ4n) is 3.32. The van der Waals surface area contributed by atoms with Crippen LogP contribution >= 0.6 is 0 Å². The molecule has 4 nitrogen and oxygen atoms in total. The number of hydrogen-bond acceptors (Lipinski definition) is 3. The lowest BCUT2D eigenvalue weighted by Crippen LogP contribution is -2.36. The van der Waals surface area contributed by atoms with Crippen molar-refractivity contribution in [2.24, 2.45) is 5.92 Å². The summed E-state index contributed by atoms with van der Waals surface area (Å²) < 4.78 is 59.9. The Balaban J connectivity index is 2.12. The summed E-state index contributed by atoms with van der Waals surface area (Å²) in [5.41, 5.74) is 2.56. The predicted molar refractivity (Wildman–Crippen MR) is 104 cm³/mol. The number of methoxy groups -OCH3 is 1. The van der Waals surface area contributed by atoms with E-state index >= 15 is 0 Å². The molecule has 1 atom stereocenters. The minimum absolute atomic E-state index is 0.00162. The topological polar surface area (TPSA) is 46.6 Å². The molecule has 1 aliphatic heterocycles. The Bertz CT molecular complexity index is 956. The van der Waals surface area contributed by atoms with Gasteiger partial charge in [-0.15, -0.1) is 0 Å². The summed E-state index contributed by atoms with van der Waals surface area (Å²) in [6.45, 7) is 2.13. The smallest absolute Gasteiger partial charge is 0.264 e. The van der Waals surface area contributed by atoms with Gasteiger partial charge in [-0.25, -0.2) is 17.2 Å². The molecular weight excluding hydrogens is 384 g/mol. The molecule has 2 aromatic carbocycles. The van der Waals surface area contributed by atoms with Gasteiger partial charge in [-0.3, -0.25) is 4.31 Å². The Morgan fingerprint density at radius 3 is 2.46 bits per heavy atom. The summed E-state index contributed by atoms with van der Waals surface area (Å²) in [6, 6.07) is 13.7. The van der Waals surface area contributed by atoms with Crippen molar-refractivity contribution in [1.82, 2.24) is 4.31 Å². The van der Waals surface area contributed by atoms with E-state index in [9.17, 15) is 17.2 Å². The van der Waals surface area contributed by atoms with E-state index in [2.05, 4.69) is 0 Å². The van der Waals surface area contributed by atoms with Crippen LogP contribution in [0, 0.1) is 12.8 Å². The molecule has 0 aromatic heterocycles. The van der Waals surface area contributed by atoms with Crippen LogP contribution < -0.4 is 0 Å². The van der Waals surface area contributed by atoms with E-state index < -0.39 is 22.4 Å². The molecule has 0 radical (unpaired) electrons. The molecule has 0 saturated heterocycles. The number of halogens is 2. The maximum absolute atomic E-state index is 13.4. The van der Waals surface area contributed by atoms with E-state index in [0.29, 0.717) is 5.56 Å². The van der Waals surface area contributed by atoms with Crippen LogP contribution in [0.25, 0.3) is 5.70 Å². The lowest BCUT2D eigenvalue weighted by molar-refractivity contribution is 0.0914. The monoisotopic (exact) mass is 407 g/mol. The summed E-state index contributed by atoms with van der Waals surface area (Å²) in [4.78, 5) is 0.142. The van der Waals surface area contributed by atoms with E-state index in [1.54, 1.807) is 36.4 Å². The number of benzene rings is 2. The molecule has 3 rings (SSSR count). The molecule has 150 valence electrons. The Labute approximate surface area is 164 Å². The number of allylic oxidation sites excluding steroid dienone is 1. The number of hydrogen-bond donors (Lipinski definition) is 0. The summed E-state index contributed by atoms with van der Waals surface area (Å²) in [5, 5.41) is 0. The lowest BCUT2D eigenvalue weighted by Gasteiger charge is -2.34.